The van der Waals surface area contributed by atoms with Crippen molar-refractivity contribution >= 4 is 16.6 Å². The van der Waals surface area contributed by atoms with Gasteiger partial charge in [0.2, 0.25) is 0 Å². The van der Waals surface area contributed by atoms with Crippen LogP contribution >= 0.6 is 0 Å². The summed E-state index contributed by atoms with van der Waals surface area (Å²) in [4.78, 5) is 3.29. The fourth-order valence-corrected chi connectivity index (χ4v) is 2.22. The van der Waals surface area contributed by atoms with Gasteiger partial charge < -0.3 is 20.0 Å². The Bertz CT molecular complexity index is 712. The van der Waals surface area contributed by atoms with Gasteiger partial charge in [-0.05, 0) is 13.0 Å². The number of aromatic nitrogens is 2. The predicted octanol–water partition coefficient (Wildman–Crippen LogP) is 2.72. The Labute approximate surface area is 104 Å². The van der Waals surface area contributed by atoms with Crippen molar-refractivity contribution in [3.05, 3.63) is 30.1 Å². The standard InChI is InChI=1S/C13H13N3O2/c1-7-11(13-9(14)6-15-18-13)8-4-3-5-10(17-2)12(8)16-7/h3-6,16H,14H2,1-2H3. The number of para-hydroxylation sites is 1. The summed E-state index contributed by atoms with van der Waals surface area (Å²) in [5, 5.41) is 4.73. The second-order valence-corrected chi connectivity index (χ2v) is 4.12. The molecule has 3 N–H and O–H groups in total. The van der Waals surface area contributed by atoms with Crippen LogP contribution in [-0.4, -0.2) is 17.3 Å². The molecular weight excluding hydrogens is 230 g/mol. The minimum absolute atomic E-state index is 0.529. The van der Waals surface area contributed by atoms with Crippen molar-refractivity contribution < 1.29 is 9.26 Å². The molecule has 0 aliphatic carbocycles. The maximum absolute atomic E-state index is 5.86. The number of hydrogen-bond donors (Lipinski definition) is 2. The number of benzene rings is 1. The molecule has 0 aliphatic rings. The lowest BCUT2D eigenvalue weighted by atomic mass is 10.1. The first-order chi connectivity index (χ1) is 8.72. The Morgan fingerprint density at radius 2 is 2.22 bits per heavy atom. The third-order valence-electron chi connectivity index (χ3n) is 3.03. The molecule has 3 rings (SSSR count). The van der Waals surface area contributed by atoms with Crippen LogP contribution in [0.15, 0.2) is 28.9 Å². The number of nitrogen functional groups attached to an aromatic ring is 1. The molecule has 5 heteroatoms. The van der Waals surface area contributed by atoms with Crippen molar-refractivity contribution in [2.45, 2.75) is 6.92 Å². The van der Waals surface area contributed by atoms with Crippen LogP contribution in [0.3, 0.4) is 0 Å². The van der Waals surface area contributed by atoms with Crippen molar-refractivity contribution in [1.82, 2.24) is 10.1 Å². The molecule has 0 spiro atoms. The van der Waals surface area contributed by atoms with E-state index in [1.165, 1.54) is 6.20 Å². The Morgan fingerprint density at radius 3 is 2.89 bits per heavy atom. The lowest BCUT2D eigenvalue weighted by Gasteiger charge is -2.01. The van der Waals surface area contributed by atoms with Crippen molar-refractivity contribution in [3.8, 4) is 17.1 Å². The van der Waals surface area contributed by atoms with E-state index in [0.29, 0.717) is 11.4 Å². The highest BCUT2D eigenvalue weighted by Gasteiger charge is 2.18. The number of fused-ring (bicyclic) bond motifs is 1. The molecule has 2 aromatic heterocycles. The molecule has 0 radical (unpaired) electrons. The van der Waals surface area contributed by atoms with E-state index >= 15 is 0 Å². The Hall–Kier alpha value is -2.43. The van der Waals surface area contributed by atoms with Crippen molar-refractivity contribution in [2.24, 2.45) is 0 Å². The molecule has 1 aromatic carbocycles. The van der Waals surface area contributed by atoms with Gasteiger partial charge in [-0.25, -0.2) is 0 Å². The number of nitrogens with zero attached hydrogens (tertiary/aromatic N) is 1. The van der Waals surface area contributed by atoms with Gasteiger partial charge in [-0.1, -0.05) is 17.3 Å². The van der Waals surface area contributed by atoms with Crippen molar-refractivity contribution in [2.75, 3.05) is 12.8 Å². The van der Waals surface area contributed by atoms with Gasteiger partial charge in [0.05, 0.1) is 24.4 Å². The van der Waals surface area contributed by atoms with E-state index in [0.717, 1.165) is 27.9 Å². The monoisotopic (exact) mass is 243 g/mol. The van der Waals surface area contributed by atoms with Crippen LogP contribution in [0, 0.1) is 6.92 Å². The Balaban J connectivity index is 2.37. The van der Waals surface area contributed by atoms with Crippen LogP contribution < -0.4 is 10.5 Å². The smallest absolute Gasteiger partial charge is 0.192 e. The maximum Gasteiger partial charge on any atom is 0.192 e. The first-order valence-corrected chi connectivity index (χ1v) is 5.58. The van der Waals surface area contributed by atoms with Gasteiger partial charge in [-0.3, -0.25) is 0 Å². The third kappa shape index (κ3) is 1.37. The lowest BCUT2D eigenvalue weighted by Crippen LogP contribution is -1.85. The maximum atomic E-state index is 5.86. The highest BCUT2D eigenvalue weighted by molar-refractivity contribution is 6.00. The summed E-state index contributed by atoms with van der Waals surface area (Å²) in [6.45, 7) is 1.97. The lowest BCUT2D eigenvalue weighted by molar-refractivity contribution is 0.419. The van der Waals surface area contributed by atoms with E-state index in [2.05, 4.69) is 10.1 Å². The molecule has 3 aromatic rings. The SMILES string of the molecule is COc1cccc2c(-c3oncc3N)c(C)[nH]c12. The van der Waals surface area contributed by atoms with E-state index < -0.39 is 0 Å². The third-order valence-corrected chi connectivity index (χ3v) is 3.03. The fourth-order valence-electron chi connectivity index (χ4n) is 2.22. The van der Waals surface area contributed by atoms with E-state index in [1.54, 1.807) is 7.11 Å². The molecule has 18 heavy (non-hydrogen) atoms. The summed E-state index contributed by atoms with van der Waals surface area (Å²) in [6.07, 6.45) is 1.51. The average Bonchev–Trinajstić information content (AvgIpc) is 2.91. The number of hydrogen-bond acceptors (Lipinski definition) is 4. The number of nitrogens with two attached hydrogens (primary N) is 1. The van der Waals surface area contributed by atoms with Crippen molar-refractivity contribution in [3.63, 3.8) is 0 Å². The topological polar surface area (TPSA) is 77.1 Å². The summed E-state index contributed by atoms with van der Waals surface area (Å²) in [5.74, 6) is 1.38. The van der Waals surface area contributed by atoms with E-state index in [9.17, 15) is 0 Å². The number of methoxy groups -OCH3 is 1. The first kappa shape index (κ1) is 10.7. The van der Waals surface area contributed by atoms with Crippen LogP contribution in [0.5, 0.6) is 5.75 Å². The molecule has 0 amide bonds. The number of aromatic amines is 1. The van der Waals surface area contributed by atoms with Gasteiger partial charge in [-0.15, -0.1) is 0 Å². The number of H-pyrrole nitrogens is 1. The fraction of sp³-hybridized carbons (Fsp3) is 0.154. The quantitative estimate of drug-likeness (QED) is 0.725. The summed E-state index contributed by atoms with van der Waals surface area (Å²) in [5.41, 5.74) is 9.22. The second-order valence-electron chi connectivity index (χ2n) is 4.12. The van der Waals surface area contributed by atoms with Gasteiger partial charge >= 0.3 is 0 Å². The Kier molecular flexibility index (Phi) is 2.26. The highest BCUT2D eigenvalue weighted by atomic mass is 16.5. The zero-order valence-electron chi connectivity index (χ0n) is 10.2. The molecule has 0 fully saturated rings. The normalized spacial score (nSPS) is 11.0. The van der Waals surface area contributed by atoms with Gasteiger partial charge in [0.1, 0.15) is 11.4 Å². The average molecular weight is 243 g/mol. The first-order valence-electron chi connectivity index (χ1n) is 5.58. The van der Waals surface area contributed by atoms with Crippen LogP contribution in [0.25, 0.3) is 22.2 Å². The van der Waals surface area contributed by atoms with Gasteiger partial charge in [0.15, 0.2) is 5.76 Å². The summed E-state index contributed by atoms with van der Waals surface area (Å²) >= 11 is 0. The van der Waals surface area contributed by atoms with E-state index in [-0.39, 0.29) is 0 Å². The summed E-state index contributed by atoms with van der Waals surface area (Å²) in [7, 11) is 1.65. The summed E-state index contributed by atoms with van der Waals surface area (Å²) in [6, 6.07) is 5.84. The molecule has 0 saturated heterocycles. The minimum atomic E-state index is 0.529. The van der Waals surface area contributed by atoms with Gasteiger partial charge in [0, 0.05) is 11.1 Å². The zero-order chi connectivity index (χ0) is 12.7. The van der Waals surface area contributed by atoms with Crippen LogP contribution in [0.1, 0.15) is 5.69 Å². The molecule has 2 heterocycles. The van der Waals surface area contributed by atoms with Crippen LogP contribution in [-0.2, 0) is 0 Å². The second kappa shape index (κ2) is 3.80. The minimum Gasteiger partial charge on any atom is -0.495 e. The van der Waals surface area contributed by atoms with Gasteiger partial charge in [0.25, 0.3) is 0 Å². The molecule has 92 valence electrons. The molecule has 0 atom stereocenters. The van der Waals surface area contributed by atoms with E-state index in [4.69, 9.17) is 15.0 Å². The molecule has 0 saturated carbocycles. The van der Waals surface area contributed by atoms with Gasteiger partial charge in [-0.2, -0.15) is 0 Å². The molecule has 0 unspecified atom stereocenters. The van der Waals surface area contributed by atoms with Crippen LogP contribution in [0.2, 0.25) is 0 Å². The molecule has 0 bridgehead atoms. The van der Waals surface area contributed by atoms with E-state index in [1.807, 2.05) is 25.1 Å². The number of anilines is 1. The molecule has 5 nitrogen and oxygen atoms in total. The predicted molar refractivity (Wildman–Crippen MR) is 69.5 cm³/mol. The van der Waals surface area contributed by atoms with Crippen molar-refractivity contribution in [1.29, 1.82) is 0 Å². The number of ether oxygens (including phenoxy) is 1. The van der Waals surface area contributed by atoms with Crippen LogP contribution in [0.4, 0.5) is 5.69 Å². The summed E-state index contributed by atoms with van der Waals surface area (Å²) < 4.78 is 10.6. The molecular formula is C13H13N3O2. The number of nitrogens with one attached hydrogen (secondary N) is 1. The molecule has 0 aliphatic heterocycles. The highest BCUT2D eigenvalue weighted by Crippen LogP contribution is 2.38. The number of rotatable bonds is 2. The Morgan fingerprint density at radius 1 is 1.39 bits per heavy atom. The zero-order valence-corrected chi connectivity index (χ0v) is 10.2. The number of aryl methyl sites for hydroxylation is 1. The largest absolute Gasteiger partial charge is 0.495 e.